The van der Waals surface area contributed by atoms with Crippen molar-refractivity contribution in [1.29, 1.82) is 0 Å². The van der Waals surface area contributed by atoms with Gasteiger partial charge in [-0.15, -0.1) is 0 Å². The van der Waals surface area contributed by atoms with Crippen LogP contribution in [0.1, 0.15) is 51.2 Å². The highest BCUT2D eigenvalue weighted by Crippen LogP contribution is 2.28. The molecule has 2 amide bonds. The predicted octanol–water partition coefficient (Wildman–Crippen LogP) is 5.18. The number of fused-ring (bicyclic) bond motifs is 1. The summed E-state index contributed by atoms with van der Waals surface area (Å²) < 4.78 is 5.57. The number of rotatable bonds is 12. The number of para-hydroxylation sites is 1. The molecular formula is C29H37N3O3. The van der Waals surface area contributed by atoms with Gasteiger partial charge >= 0.3 is 0 Å². The Morgan fingerprint density at radius 2 is 1.80 bits per heavy atom. The zero-order valence-corrected chi connectivity index (χ0v) is 21.1. The molecule has 1 heterocycles. The Balaban J connectivity index is 1.50. The lowest BCUT2D eigenvalue weighted by Crippen LogP contribution is -2.44. The molecule has 0 spiro atoms. The molecule has 3 aromatic rings. The number of amides is 2. The number of carbonyl (C=O) groups excluding carboxylic acids is 2. The summed E-state index contributed by atoms with van der Waals surface area (Å²) in [4.78, 5) is 33.5. The van der Waals surface area contributed by atoms with Crippen molar-refractivity contribution in [2.24, 2.45) is 5.92 Å². The second-order valence-electron chi connectivity index (χ2n) is 9.85. The third-order valence-electron chi connectivity index (χ3n) is 6.48. The van der Waals surface area contributed by atoms with Crippen LogP contribution in [0.2, 0.25) is 0 Å². The van der Waals surface area contributed by atoms with Gasteiger partial charge in [-0.2, -0.15) is 0 Å². The topological polar surface area (TPSA) is 65.6 Å². The van der Waals surface area contributed by atoms with Crippen molar-refractivity contribution in [1.82, 2.24) is 14.8 Å². The molecule has 0 aliphatic heterocycles. The summed E-state index contributed by atoms with van der Waals surface area (Å²) >= 11 is 0. The molecule has 0 unspecified atom stereocenters. The van der Waals surface area contributed by atoms with E-state index in [1.54, 1.807) is 0 Å². The summed E-state index contributed by atoms with van der Waals surface area (Å²) in [5.41, 5.74) is 3.35. The van der Waals surface area contributed by atoms with E-state index in [0.717, 1.165) is 36.1 Å². The molecule has 35 heavy (non-hydrogen) atoms. The van der Waals surface area contributed by atoms with Gasteiger partial charge in [0.15, 0.2) is 0 Å². The van der Waals surface area contributed by atoms with Gasteiger partial charge in [0.25, 0.3) is 0 Å². The standard InChI is InChI=1S/C29H37N3O3/c1-4-35-25-13-9-22(10-14-25)19-31(16-15-23-18-30-27-8-6-5-7-26(23)27)29(34)20-32(24-11-12-24)28(33)17-21(2)3/h5-10,13-14,18,21,24,30H,4,11-12,15-17,19-20H2,1-3H3. The van der Waals surface area contributed by atoms with Gasteiger partial charge < -0.3 is 19.5 Å². The number of carbonyl (C=O) groups is 2. The van der Waals surface area contributed by atoms with Crippen LogP contribution in [0.15, 0.2) is 54.7 Å². The molecule has 1 aliphatic rings. The Morgan fingerprint density at radius 1 is 1.06 bits per heavy atom. The number of aromatic nitrogens is 1. The molecule has 0 saturated heterocycles. The van der Waals surface area contributed by atoms with Crippen molar-refractivity contribution in [3.05, 3.63) is 65.9 Å². The molecule has 6 heteroatoms. The zero-order chi connectivity index (χ0) is 24.8. The van der Waals surface area contributed by atoms with Crippen LogP contribution in [0.5, 0.6) is 5.75 Å². The Hall–Kier alpha value is -3.28. The maximum atomic E-state index is 13.6. The van der Waals surface area contributed by atoms with Crippen molar-refractivity contribution in [3.8, 4) is 5.75 Å². The van der Waals surface area contributed by atoms with Gasteiger partial charge in [0, 0.05) is 42.7 Å². The fourth-order valence-electron chi connectivity index (χ4n) is 4.48. The van der Waals surface area contributed by atoms with E-state index < -0.39 is 0 Å². The normalized spacial score (nSPS) is 13.3. The monoisotopic (exact) mass is 475 g/mol. The average molecular weight is 476 g/mol. The van der Waals surface area contributed by atoms with Crippen molar-refractivity contribution >= 4 is 22.7 Å². The molecule has 186 valence electrons. The third kappa shape index (κ3) is 6.65. The lowest BCUT2D eigenvalue weighted by Gasteiger charge is -2.28. The predicted molar refractivity (Wildman–Crippen MR) is 139 cm³/mol. The molecule has 1 aromatic heterocycles. The molecule has 4 rings (SSSR count). The fourth-order valence-corrected chi connectivity index (χ4v) is 4.48. The van der Waals surface area contributed by atoms with Gasteiger partial charge in [-0.05, 0) is 61.4 Å². The number of ether oxygens (including phenoxy) is 1. The maximum Gasteiger partial charge on any atom is 0.242 e. The minimum absolute atomic E-state index is 0.00253. The number of aromatic amines is 1. The number of nitrogens with zero attached hydrogens (tertiary/aromatic N) is 2. The van der Waals surface area contributed by atoms with Crippen LogP contribution in [0.25, 0.3) is 10.9 Å². The third-order valence-corrected chi connectivity index (χ3v) is 6.48. The van der Waals surface area contributed by atoms with E-state index in [-0.39, 0.29) is 30.3 Å². The van der Waals surface area contributed by atoms with Crippen LogP contribution >= 0.6 is 0 Å². The number of benzene rings is 2. The molecule has 0 radical (unpaired) electrons. The molecule has 1 aliphatic carbocycles. The summed E-state index contributed by atoms with van der Waals surface area (Å²) in [7, 11) is 0. The SMILES string of the molecule is CCOc1ccc(CN(CCc2c[nH]c3ccccc23)C(=O)CN(C(=O)CC(C)C)C2CC2)cc1. The van der Waals surface area contributed by atoms with E-state index >= 15 is 0 Å². The lowest BCUT2D eigenvalue weighted by atomic mass is 10.1. The second kappa shape index (κ2) is 11.4. The van der Waals surface area contributed by atoms with Crippen molar-refractivity contribution < 1.29 is 14.3 Å². The van der Waals surface area contributed by atoms with Crippen molar-refractivity contribution in [2.45, 2.75) is 59.0 Å². The van der Waals surface area contributed by atoms with E-state index in [4.69, 9.17) is 4.74 Å². The molecule has 1 fully saturated rings. The van der Waals surface area contributed by atoms with Gasteiger partial charge in [-0.1, -0.05) is 44.2 Å². The first-order valence-corrected chi connectivity index (χ1v) is 12.8. The zero-order valence-electron chi connectivity index (χ0n) is 21.1. The number of hydrogen-bond acceptors (Lipinski definition) is 3. The van der Waals surface area contributed by atoms with Crippen LogP contribution in [0.3, 0.4) is 0 Å². The smallest absolute Gasteiger partial charge is 0.242 e. The Bertz CT molecular complexity index is 1130. The van der Waals surface area contributed by atoms with E-state index in [2.05, 4.69) is 17.1 Å². The largest absolute Gasteiger partial charge is 0.494 e. The summed E-state index contributed by atoms with van der Waals surface area (Å²) in [6.45, 7) is 7.92. The van der Waals surface area contributed by atoms with Crippen LogP contribution < -0.4 is 4.74 Å². The molecule has 1 saturated carbocycles. The van der Waals surface area contributed by atoms with Crippen LogP contribution in [0.4, 0.5) is 0 Å². The summed E-state index contributed by atoms with van der Waals surface area (Å²) in [6, 6.07) is 16.4. The molecule has 1 N–H and O–H groups in total. The van der Waals surface area contributed by atoms with Gasteiger partial charge in [0.2, 0.25) is 11.8 Å². The van der Waals surface area contributed by atoms with E-state index in [1.165, 1.54) is 10.9 Å². The van der Waals surface area contributed by atoms with E-state index in [1.807, 2.05) is 73.2 Å². The Kier molecular flexibility index (Phi) is 8.11. The average Bonchev–Trinajstić information content (AvgIpc) is 3.60. The molecule has 6 nitrogen and oxygen atoms in total. The number of H-pyrrole nitrogens is 1. The van der Waals surface area contributed by atoms with Crippen LogP contribution in [-0.4, -0.2) is 52.3 Å². The lowest BCUT2D eigenvalue weighted by molar-refractivity contribution is -0.141. The number of hydrogen-bond donors (Lipinski definition) is 1. The first kappa shape index (κ1) is 24.8. The highest BCUT2D eigenvalue weighted by molar-refractivity contribution is 5.86. The fraction of sp³-hybridized carbons (Fsp3) is 0.448. The van der Waals surface area contributed by atoms with Crippen molar-refractivity contribution in [3.63, 3.8) is 0 Å². The molecule has 2 aromatic carbocycles. The second-order valence-corrected chi connectivity index (χ2v) is 9.85. The molecule has 0 atom stereocenters. The highest BCUT2D eigenvalue weighted by atomic mass is 16.5. The van der Waals surface area contributed by atoms with Gasteiger partial charge in [-0.3, -0.25) is 9.59 Å². The highest BCUT2D eigenvalue weighted by Gasteiger charge is 2.34. The summed E-state index contributed by atoms with van der Waals surface area (Å²) in [6.07, 6.45) is 5.25. The first-order valence-electron chi connectivity index (χ1n) is 12.8. The van der Waals surface area contributed by atoms with Crippen LogP contribution in [-0.2, 0) is 22.6 Å². The van der Waals surface area contributed by atoms with Gasteiger partial charge in [-0.25, -0.2) is 0 Å². The van der Waals surface area contributed by atoms with Gasteiger partial charge in [0.1, 0.15) is 12.3 Å². The number of nitrogens with one attached hydrogen (secondary N) is 1. The van der Waals surface area contributed by atoms with E-state index in [9.17, 15) is 9.59 Å². The Morgan fingerprint density at radius 3 is 2.49 bits per heavy atom. The summed E-state index contributed by atoms with van der Waals surface area (Å²) in [5.74, 6) is 1.20. The first-order chi connectivity index (χ1) is 16.9. The van der Waals surface area contributed by atoms with E-state index in [0.29, 0.717) is 26.1 Å². The molecular weight excluding hydrogens is 438 g/mol. The maximum absolute atomic E-state index is 13.6. The van der Waals surface area contributed by atoms with Crippen molar-refractivity contribution in [2.75, 3.05) is 19.7 Å². The van der Waals surface area contributed by atoms with Crippen LogP contribution in [0, 0.1) is 5.92 Å². The minimum atomic E-state index is 0.00253. The van der Waals surface area contributed by atoms with Gasteiger partial charge in [0.05, 0.1) is 6.61 Å². The quantitative estimate of drug-likeness (QED) is 0.393. The molecule has 0 bridgehead atoms. The summed E-state index contributed by atoms with van der Waals surface area (Å²) in [5, 5.41) is 1.19. The Labute approximate surface area is 208 Å². The minimum Gasteiger partial charge on any atom is -0.494 e.